The zero-order valence-electron chi connectivity index (χ0n) is 14.6. The van der Waals surface area contributed by atoms with Gasteiger partial charge in [0.25, 0.3) is 0 Å². The molecule has 0 aromatic heterocycles. The lowest BCUT2D eigenvalue weighted by Gasteiger charge is -2.26. The quantitative estimate of drug-likeness (QED) is 0.877. The largest absolute Gasteiger partial charge is 0.489 e. The molecule has 1 aliphatic carbocycles. The van der Waals surface area contributed by atoms with E-state index in [1.165, 1.54) is 11.1 Å². The van der Waals surface area contributed by atoms with Crippen LogP contribution in [-0.2, 0) is 17.6 Å². The molecule has 1 N–H and O–H groups in total. The van der Waals surface area contributed by atoms with Gasteiger partial charge in [0.05, 0.1) is 30.7 Å². The standard InChI is InChI=1S/C21H22ClNO3/c22-17-11-14(12-19-21(17)26-10-4-9-25-19)13-20(24)23-18-8-3-6-15-5-1-2-7-16(15)18/h1-2,5,7,11-12,18H,3-4,6,8-10,13H2,(H,23,24)/t18-/m1/s1. The summed E-state index contributed by atoms with van der Waals surface area (Å²) in [6, 6.07) is 12.1. The van der Waals surface area contributed by atoms with Gasteiger partial charge in [0.15, 0.2) is 11.5 Å². The van der Waals surface area contributed by atoms with Crippen LogP contribution in [0.25, 0.3) is 0 Å². The smallest absolute Gasteiger partial charge is 0.224 e. The maximum absolute atomic E-state index is 12.6. The Kier molecular flexibility index (Phi) is 5.02. The molecule has 2 aliphatic rings. The van der Waals surface area contributed by atoms with Crippen LogP contribution in [-0.4, -0.2) is 19.1 Å². The lowest BCUT2D eigenvalue weighted by molar-refractivity contribution is -0.121. The average molecular weight is 372 g/mol. The second-order valence-electron chi connectivity index (χ2n) is 6.84. The fourth-order valence-corrected chi connectivity index (χ4v) is 4.01. The number of hydrogen-bond donors (Lipinski definition) is 1. The maximum Gasteiger partial charge on any atom is 0.224 e. The van der Waals surface area contributed by atoms with Gasteiger partial charge in [-0.05, 0) is 48.1 Å². The summed E-state index contributed by atoms with van der Waals surface area (Å²) in [6.07, 6.45) is 4.25. The van der Waals surface area contributed by atoms with Crippen molar-refractivity contribution in [2.24, 2.45) is 0 Å². The van der Waals surface area contributed by atoms with Gasteiger partial charge in [-0.15, -0.1) is 0 Å². The highest BCUT2D eigenvalue weighted by Crippen LogP contribution is 2.38. The van der Waals surface area contributed by atoms with Crippen molar-refractivity contribution in [1.29, 1.82) is 0 Å². The van der Waals surface area contributed by atoms with Gasteiger partial charge in [-0.3, -0.25) is 4.79 Å². The number of ether oxygens (including phenoxy) is 2. The SMILES string of the molecule is O=C(Cc1cc(Cl)c2c(c1)OCCCO2)N[C@@H]1CCCc2ccccc21. The Morgan fingerprint density at radius 2 is 2.00 bits per heavy atom. The summed E-state index contributed by atoms with van der Waals surface area (Å²) in [7, 11) is 0. The lowest BCUT2D eigenvalue weighted by Crippen LogP contribution is -2.32. The fraction of sp³-hybridized carbons (Fsp3) is 0.381. The van der Waals surface area contributed by atoms with Crippen molar-refractivity contribution in [3.63, 3.8) is 0 Å². The molecule has 2 aromatic rings. The van der Waals surface area contributed by atoms with E-state index in [0.29, 0.717) is 29.7 Å². The molecule has 0 radical (unpaired) electrons. The average Bonchev–Trinajstić information content (AvgIpc) is 2.88. The minimum Gasteiger partial charge on any atom is -0.489 e. The van der Waals surface area contributed by atoms with E-state index in [1.54, 1.807) is 6.07 Å². The Morgan fingerprint density at radius 3 is 2.92 bits per heavy atom. The van der Waals surface area contributed by atoms with E-state index in [4.69, 9.17) is 21.1 Å². The van der Waals surface area contributed by atoms with Gasteiger partial charge in [0, 0.05) is 6.42 Å². The summed E-state index contributed by atoms with van der Waals surface area (Å²) in [5, 5.41) is 3.68. The van der Waals surface area contributed by atoms with E-state index in [-0.39, 0.29) is 18.4 Å². The molecular weight excluding hydrogens is 350 g/mol. The summed E-state index contributed by atoms with van der Waals surface area (Å²) in [5.74, 6) is 1.20. The second kappa shape index (κ2) is 7.58. The molecule has 2 aromatic carbocycles. The van der Waals surface area contributed by atoms with Crippen LogP contribution in [0.4, 0.5) is 0 Å². The summed E-state index contributed by atoms with van der Waals surface area (Å²) in [4.78, 5) is 12.6. The number of carbonyl (C=O) groups is 1. The number of rotatable bonds is 3. The molecule has 5 heteroatoms. The molecule has 4 rings (SSSR count). The van der Waals surface area contributed by atoms with Crippen LogP contribution >= 0.6 is 11.6 Å². The van der Waals surface area contributed by atoms with Gasteiger partial charge in [-0.25, -0.2) is 0 Å². The first kappa shape index (κ1) is 17.2. The molecule has 0 fully saturated rings. The van der Waals surface area contributed by atoms with Crippen molar-refractivity contribution in [3.8, 4) is 11.5 Å². The number of halogens is 1. The second-order valence-corrected chi connectivity index (χ2v) is 7.25. The normalized spacial score (nSPS) is 18.6. The van der Waals surface area contributed by atoms with Crippen molar-refractivity contribution in [2.45, 2.75) is 38.1 Å². The molecule has 136 valence electrons. The van der Waals surface area contributed by atoms with Gasteiger partial charge in [-0.1, -0.05) is 35.9 Å². The maximum atomic E-state index is 12.6. The minimum atomic E-state index is -0.00254. The highest BCUT2D eigenvalue weighted by Gasteiger charge is 2.22. The monoisotopic (exact) mass is 371 g/mol. The highest BCUT2D eigenvalue weighted by molar-refractivity contribution is 6.32. The van der Waals surface area contributed by atoms with E-state index < -0.39 is 0 Å². The van der Waals surface area contributed by atoms with Crippen molar-refractivity contribution < 1.29 is 14.3 Å². The van der Waals surface area contributed by atoms with Crippen molar-refractivity contribution >= 4 is 17.5 Å². The Bertz CT molecular complexity index is 821. The van der Waals surface area contributed by atoms with Crippen LogP contribution in [0.3, 0.4) is 0 Å². The van der Waals surface area contributed by atoms with Crippen molar-refractivity contribution in [3.05, 3.63) is 58.1 Å². The number of aryl methyl sites for hydroxylation is 1. The van der Waals surface area contributed by atoms with Crippen LogP contribution in [0.5, 0.6) is 11.5 Å². The van der Waals surface area contributed by atoms with Crippen LogP contribution in [0.15, 0.2) is 36.4 Å². The molecule has 0 unspecified atom stereocenters. The number of fused-ring (bicyclic) bond motifs is 2. The Hall–Kier alpha value is -2.20. The predicted molar refractivity (Wildman–Crippen MR) is 101 cm³/mol. The zero-order chi connectivity index (χ0) is 17.9. The van der Waals surface area contributed by atoms with E-state index in [0.717, 1.165) is 31.2 Å². The first-order valence-corrected chi connectivity index (χ1v) is 9.53. The molecule has 1 heterocycles. The van der Waals surface area contributed by atoms with Gasteiger partial charge in [0.2, 0.25) is 5.91 Å². The number of hydrogen-bond acceptors (Lipinski definition) is 3. The third kappa shape index (κ3) is 3.65. The van der Waals surface area contributed by atoms with Gasteiger partial charge in [-0.2, -0.15) is 0 Å². The lowest BCUT2D eigenvalue weighted by atomic mass is 9.87. The Labute approximate surface area is 158 Å². The topological polar surface area (TPSA) is 47.6 Å². The summed E-state index contributed by atoms with van der Waals surface area (Å²) in [5.41, 5.74) is 3.41. The number of benzene rings is 2. The van der Waals surface area contributed by atoms with Crippen LogP contribution < -0.4 is 14.8 Å². The third-order valence-corrected chi connectivity index (χ3v) is 5.21. The number of nitrogens with one attached hydrogen (secondary N) is 1. The molecule has 1 amide bonds. The molecule has 1 aliphatic heterocycles. The molecular formula is C21H22ClNO3. The number of carbonyl (C=O) groups excluding carboxylic acids is 1. The van der Waals surface area contributed by atoms with E-state index in [2.05, 4.69) is 23.5 Å². The van der Waals surface area contributed by atoms with Gasteiger partial charge < -0.3 is 14.8 Å². The zero-order valence-corrected chi connectivity index (χ0v) is 15.3. The van der Waals surface area contributed by atoms with Crippen LogP contribution in [0, 0.1) is 0 Å². The van der Waals surface area contributed by atoms with E-state index in [9.17, 15) is 4.79 Å². The minimum absolute atomic E-state index is 0.00254. The summed E-state index contributed by atoms with van der Waals surface area (Å²) in [6.45, 7) is 1.19. The van der Waals surface area contributed by atoms with E-state index >= 15 is 0 Å². The van der Waals surface area contributed by atoms with Crippen LogP contribution in [0.2, 0.25) is 5.02 Å². The molecule has 0 bridgehead atoms. The predicted octanol–water partition coefficient (Wildman–Crippen LogP) is 4.24. The fourth-order valence-electron chi connectivity index (χ4n) is 3.72. The Balaban J connectivity index is 1.48. The van der Waals surface area contributed by atoms with Crippen molar-refractivity contribution in [2.75, 3.05) is 13.2 Å². The number of amides is 1. The highest BCUT2D eigenvalue weighted by atomic mass is 35.5. The molecule has 1 atom stereocenters. The first-order chi connectivity index (χ1) is 12.7. The van der Waals surface area contributed by atoms with Gasteiger partial charge >= 0.3 is 0 Å². The van der Waals surface area contributed by atoms with E-state index in [1.807, 2.05) is 12.1 Å². The first-order valence-electron chi connectivity index (χ1n) is 9.16. The summed E-state index contributed by atoms with van der Waals surface area (Å²) < 4.78 is 11.3. The summed E-state index contributed by atoms with van der Waals surface area (Å²) >= 11 is 6.33. The molecule has 0 spiro atoms. The van der Waals surface area contributed by atoms with Crippen LogP contribution in [0.1, 0.15) is 42.0 Å². The third-order valence-electron chi connectivity index (χ3n) is 4.93. The molecule has 4 nitrogen and oxygen atoms in total. The molecule has 0 saturated carbocycles. The Morgan fingerprint density at radius 1 is 1.15 bits per heavy atom. The molecule has 26 heavy (non-hydrogen) atoms. The molecule has 0 saturated heterocycles. The van der Waals surface area contributed by atoms with Crippen molar-refractivity contribution in [1.82, 2.24) is 5.32 Å². The van der Waals surface area contributed by atoms with Gasteiger partial charge in [0.1, 0.15) is 0 Å².